The van der Waals surface area contributed by atoms with E-state index in [9.17, 15) is 9.90 Å². The molecule has 144 valence electrons. The van der Waals surface area contributed by atoms with Gasteiger partial charge in [-0.2, -0.15) is 0 Å². The van der Waals surface area contributed by atoms with E-state index in [2.05, 4.69) is 20.3 Å². The summed E-state index contributed by atoms with van der Waals surface area (Å²) < 4.78 is 1.49. The van der Waals surface area contributed by atoms with Crippen molar-refractivity contribution in [2.45, 2.75) is 43.7 Å². The number of imidazole rings is 1. The first-order chi connectivity index (χ1) is 13.6. The Hall–Kier alpha value is -2.67. The van der Waals surface area contributed by atoms with E-state index in [1.54, 1.807) is 18.6 Å². The summed E-state index contributed by atoms with van der Waals surface area (Å²) in [7, 11) is 0. The number of nitrogens with one attached hydrogen (secondary N) is 2. The highest BCUT2D eigenvalue weighted by Crippen LogP contribution is 2.56. The molecule has 0 saturated heterocycles. The molecule has 4 aliphatic carbocycles. The van der Waals surface area contributed by atoms with Crippen molar-refractivity contribution in [1.29, 1.82) is 0 Å². The summed E-state index contributed by atoms with van der Waals surface area (Å²) in [6, 6.07) is 2.26. The van der Waals surface area contributed by atoms with Gasteiger partial charge in [-0.3, -0.25) is 9.36 Å². The van der Waals surface area contributed by atoms with Gasteiger partial charge < -0.3 is 15.4 Å². The topological polar surface area (TPSA) is 95.8 Å². The van der Waals surface area contributed by atoms with Gasteiger partial charge in [0, 0.05) is 36.2 Å². The molecule has 3 heterocycles. The zero-order valence-electron chi connectivity index (χ0n) is 15.5. The van der Waals surface area contributed by atoms with Crippen molar-refractivity contribution >= 4 is 22.6 Å². The molecule has 5 atom stereocenters. The number of aromatic nitrogens is 4. The first-order valence-corrected chi connectivity index (χ1v) is 10.1. The number of carbonyl (C=O) groups is 1. The Bertz CT molecular complexity index is 1040. The number of rotatable bonds is 3. The van der Waals surface area contributed by atoms with Crippen molar-refractivity contribution in [3.8, 4) is 0 Å². The highest BCUT2D eigenvalue weighted by atomic mass is 16.3. The monoisotopic (exact) mass is 377 g/mol. The van der Waals surface area contributed by atoms with E-state index in [4.69, 9.17) is 0 Å². The fourth-order valence-corrected chi connectivity index (χ4v) is 6.23. The minimum Gasteiger partial charge on any atom is -0.390 e. The largest absolute Gasteiger partial charge is 0.390 e. The molecule has 28 heavy (non-hydrogen) atoms. The van der Waals surface area contributed by atoms with Crippen LogP contribution in [0.5, 0.6) is 0 Å². The molecule has 3 aromatic heterocycles. The molecule has 3 N–H and O–H groups in total. The van der Waals surface area contributed by atoms with Gasteiger partial charge >= 0.3 is 0 Å². The van der Waals surface area contributed by atoms with Gasteiger partial charge in [-0.15, -0.1) is 0 Å². The highest BCUT2D eigenvalue weighted by molar-refractivity contribution is 6.07. The Morgan fingerprint density at radius 2 is 2.11 bits per heavy atom. The van der Waals surface area contributed by atoms with E-state index in [1.807, 2.05) is 12.3 Å². The molecule has 7 heteroatoms. The average Bonchev–Trinajstić information content (AvgIpc) is 3.34. The first kappa shape index (κ1) is 16.3. The standard InChI is InChI=1S/C21H23N5O2/c27-20(26-4-3-22-11-26)16-10-24-19-15(1-2-23-19)18(16)25-17-13-5-12-6-14(17)9-21(28,7-12)8-13/h1-4,10-14,17,28H,5-9H2,(H2,23,24,25)/t12?,13-,14+,17+,21-. The van der Waals surface area contributed by atoms with Gasteiger partial charge in [0.1, 0.15) is 12.0 Å². The molecule has 0 radical (unpaired) electrons. The molecule has 4 saturated carbocycles. The highest BCUT2D eigenvalue weighted by Gasteiger charge is 2.54. The SMILES string of the molecule is O=C(c1cnc2[nH]ccc2c1N[C@H]1[C@@H]2CC3C[C@H]1C[C@@](O)(C3)C2)n1ccnc1. The Morgan fingerprint density at radius 3 is 2.82 bits per heavy atom. The van der Waals surface area contributed by atoms with Crippen LogP contribution in [0.4, 0.5) is 5.69 Å². The number of pyridine rings is 1. The fraction of sp³-hybridized carbons (Fsp3) is 0.476. The van der Waals surface area contributed by atoms with Crippen LogP contribution in [0.2, 0.25) is 0 Å². The van der Waals surface area contributed by atoms with E-state index >= 15 is 0 Å². The second-order valence-electron chi connectivity index (χ2n) is 8.93. The van der Waals surface area contributed by atoms with Crippen LogP contribution in [-0.2, 0) is 0 Å². The molecule has 4 bridgehead atoms. The van der Waals surface area contributed by atoms with Crippen molar-refractivity contribution < 1.29 is 9.90 Å². The van der Waals surface area contributed by atoms with Crippen molar-refractivity contribution in [2.24, 2.45) is 17.8 Å². The lowest BCUT2D eigenvalue weighted by molar-refractivity contribution is -0.129. The van der Waals surface area contributed by atoms with Crippen LogP contribution in [-0.4, -0.2) is 42.2 Å². The second kappa shape index (κ2) is 5.67. The van der Waals surface area contributed by atoms with Gasteiger partial charge in [-0.05, 0) is 55.9 Å². The van der Waals surface area contributed by atoms with E-state index in [1.165, 1.54) is 23.7 Å². The summed E-state index contributed by atoms with van der Waals surface area (Å²) in [5.74, 6) is 1.42. The summed E-state index contributed by atoms with van der Waals surface area (Å²) >= 11 is 0. The summed E-state index contributed by atoms with van der Waals surface area (Å²) in [6.07, 6.45) is 13.3. The normalized spacial score (nSPS) is 33.5. The number of nitrogens with zero attached hydrogens (tertiary/aromatic N) is 3. The molecule has 7 rings (SSSR count). The molecule has 4 fully saturated rings. The number of fused-ring (bicyclic) bond motifs is 1. The first-order valence-electron chi connectivity index (χ1n) is 10.1. The quantitative estimate of drug-likeness (QED) is 0.652. The number of hydrogen-bond donors (Lipinski definition) is 3. The van der Waals surface area contributed by atoms with E-state index < -0.39 is 5.60 Å². The summed E-state index contributed by atoms with van der Waals surface area (Å²) in [5.41, 5.74) is 1.70. The number of carbonyl (C=O) groups excluding carboxylic acids is 1. The van der Waals surface area contributed by atoms with Crippen LogP contribution in [0.25, 0.3) is 11.0 Å². The third-order valence-corrected chi connectivity index (χ3v) is 7.11. The Morgan fingerprint density at radius 1 is 1.29 bits per heavy atom. The lowest BCUT2D eigenvalue weighted by Gasteiger charge is -2.58. The molecule has 0 aromatic carbocycles. The van der Waals surface area contributed by atoms with Crippen LogP contribution in [0.1, 0.15) is 42.5 Å². The predicted molar refractivity (Wildman–Crippen MR) is 104 cm³/mol. The zero-order chi connectivity index (χ0) is 18.9. The Balaban J connectivity index is 1.41. The van der Waals surface area contributed by atoms with E-state index in [0.29, 0.717) is 23.3 Å². The zero-order valence-corrected chi connectivity index (χ0v) is 15.5. The maximum absolute atomic E-state index is 13.1. The average molecular weight is 377 g/mol. The summed E-state index contributed by atoms with van der Waals surface area (Å²) in [5, 5.41) is 15.6. The fourth-order valence-electron chi connectivity index (χ4n) is 6.23. The number of anilines is 1. The van der Waals surface area contributed by atoms with Gasteiger partial charge in [0.25, 0.3) is 5.91 Å². The number of aliphatic hydroxyl groups is 1. The predicted octanol–water partition coefficient (Wildman–Crippen LogP) is 2.80. The minimum absolute atomic E-state index is 0.141. The number of aromatic amines is 1. The molecule has 1 unspecified atom stereocenters. The lowest BCUT2D eigenvalue weighted by atomic mass is 9.52. The molecule has 0 aliphatic heterocycles. The van der Waals surface area contributed by atoms with Gasteiger partial charge in [0.05, 0.1) is 16.9 Å². The van der Waals surface area contributed by atoms with Gasteiger partial charge in [-0.1, -0.05) is 0 Å². The Kier molecular flexibility index (Phi) is 3.30. The third kappa shape index (κ3) is 2.35. The van der Waals surface area contributed by atoms with Crippen LogP contribution in [0.3, 0.4) is 0 Å². The molecular weight excluding hydrogens is 354 g/mol. The Labute approximate surface area is 162 Å². The lowest BCUT2D eigenvalue weighted by Crippen LogP contribution is -2.59. The maximum Gasteiger partial charge on any atom is 0.266 e. The van der Waals surface area contributed by atoms with Gasteiger partial charge in [0.15, 0.2) is 0 Å². The molecule has 3 aromatic rings. The molecule has 7 nitrogen and oxygen atoms in total. The van der Waals surface area contributed by atoms with Crippen LogP contribution in [0, 0.1) is 17.8 Å². The number of H-pyrrole nitrogens is 1. The van der Waals surface area contributed by atoms with E-state index in [-0.39, 0.29) is 11.9 Å². The summed E-state index contributed by atoms with van der Waals surface area (Å²) in [6.45, 7) is 0. The summed E-state index contributed by atoms with van der Waals surface area (Å²) in [4.78, 5) is 24.7. The van der Waals surface area contributed by atoms with E-state index in [0.717, 1.165) is 36.0 Å². The minimum atomic E-state index is -0.466. The molecule has 0 amide bonds. The third-order valence-electron chi connectivity index (χ3n) is 7.11. The van der Waals surface area contributed by atoms with Crippen molar-refractivity contribution in [2.75, 3.05) is 5.32 Å². The van der Waals surface area contributed by atoms with Crippen molar-refractivity contribution in [3.05, 3.63) is 42.7 Å². The van der Waals surface area contributed by atoms with Gasteiger partial charge in [0.2, 0.25) is 0 Å². The molecule has 4 aliphatic rings. The molecular formula is C21H23N5O2. The smallest absolute Gasteiger partial charge is 0.266 e. The molecule has 0 spiro atoms. The van der Waals surface area contributed by atoms with Crippen molar-refractivity contribution in [3.63, 3.8) is 0 Å². The maximum atomic E-state index is 13.1. The van der Waals surface area contributed by atoms with Crippen LogP contribution in [0.15, 0.2) is 37.2 Å². The second-order valence-corrected chi connectivity index (χ2v) is 8.93. The number of hydrogen-bond acceptors (Lipinski definition) is 5. The van der Waals surface area contributed by atoms with Crippen LogP contribution >= 0.6 is 0 Å². The van der Waals surface area contributed by atoms with Crippen molar-refractivity contribution in [1.82, 2.24) is 19.5 Å². The van der Waals surface area contributed by atoms with Gasteiger partial charge in [-0.25, -0.2) is 9.97 Å². The van der Waals surface area contributed by atoms with Crippen LogP contribution < -0.4 is 5.32 Å².